The number of ether oxygens (including phenoxy) is 1. The number of hydrogen-bond acceptors (Lipinski definition) is 4. The van der Waals surface area contributed by atoms with E-state index in [1.54, 1.807) is 0 Å². The molecule has 1 aromatic carbocycles. The molecule has 1 aromatic rings. The van der Waals surface area contributed by atoms with Gasteiger partial charge in [-0.1, -0.05) is 30.7 Å². The van der Waals surface area contributed by atoms with E-state index in [9.17, 15) is 0 Å². The first kappa shape index (κ1) is 26.6. The maximum atomic E-state index is 6.12. The molecule has 2 aliphatic heterocycles. The topological polar surface area (TPSA) is 52.1 Å². The molecule has 3 rings (SSSR count). The predicted octanol–water partition coefficient (Wildman–Crippen LogP) is 3.76. The van der Waals surface area contributed by atoms with E-state index >= 15 is 0 Å². The van der Waals surface area contributed by atoms with Gasteiger partial charge in [0.2, 0.25) is 0 Å². The fourth-order valence-corrected chi connectivity index (χ4v) is 4.44. The Kier molecular flexibility index (Phi) is 12.5. The molecule has 176 valence electrons. The number of hydrogen-bond donors (Lipinski definition) is 2. The maximum Gasteiger partial charge on any atom is 0.191 e. The Hall–Kier alpha value is -0.610. The number of piperidine rings is 1. The summed E-state index contributed by atoms with van der Waals surface area (Å²) in [6.45, 7) is 12.9. The highest BCUT2D eigenvalue weighted by molar-refractivity contribution is 14.0. The molecule has 6 nitrogen and oxygen atoms in total. The van der Waals surface area contributed by atoms with Crippen molar-refractivity contribution in [3.05, 3.63) is 34.9 Å². The normalized spacial score (nSPS) is 20.2. The highest BCUT2D eigenvalue weighted by Gasteiger charge is 2.23. The Morgan fingerprint density at radius 3 is 2.42 bits per heavy atom. The van der Waals surface area contributed by atoms with Crippen molar-refractivity contribution in [3.63, 3.8) is 0 Å². The summed E-state index contributed by atoms with van der Waals surface area (Å²) >= 11 is 6.12. The summed E-state index contributed by atoms with van der Waals surface area (Å²) in [5.74, 6) is 0.929. The van der Waals surface area contributed by atoms with Crippen LogP contribution >= 0.6 is 35.6 Å². The minimum atomic E-state index is 0. The van der Waals surface area contributed by atoms with Gasteiger partial charge in [-0.2, -0.15) is 0 Å². The minimum Gasteiger partial charge on any atom is -0.379 e. The van der Waals surface area contributed by atoms with E-state index in [-0.39, 0.29) is 30.0 Å². The molecule has 0 aliphatic carbocycles. The fourth-order valence-electron chi connectivity index (χ4n) is 4.31. The highest BCUT2D eigenvalue weighted by atomic mass is 127. The van der Waals surface area contributed by atoms with Crippen LogP contribution in [0, 0.1) is 0 Å². The number of guanidine groups is 1. The van der Waals surface area contributed by atoms with Crippen LogP contribution in [-0.2, 0) is 4.74 Å². The fraction of sp³-hybridized carbons (Fsp3) is 0.696. The van der Waals surface area contributed by atoms with Crippen molar-refractivity contribution in [1.82, 2.24) is 20.4 Å². The minimum absolute atomic E-state index is 0. The molecule has 0 radical (unpaired) electrons. The molecule has 2 heterocycles. The Morgan fingerprint density at radius 1 is 1.13 bits per heavy atom. The molecule has 2 aliphatic rings. The average Bonchev–Trinajstić information content (AvgIpc) is 2.77. The molecular weight excluding hydrogens is 525 g/mol. The van der Waals surface area contributed by atoms with Crippen LogP contribution in [0.5, 0.6) is 0 Å². The lowest BCUT2D eigenvalue weighted by Crippen LogP contribution is -2.49. The Labute approximate surface area is 210 Å². The lowest BCUT2D eigenvalue weighted by atomic mass is 10.0. The van der Waals surface area contributed by atoms with Crippen LogP contribution in [0.25, 0.3) is 0 Å². The third kappa shape index (κ3) is 8.68. The number of rotatable bonds is 8. The van der Waals surface area contributed by atoms with Crippen molar-refractivity contribution < 1.29 is 4.74 Å². The molecule has 2 N–H and O–H groups in total. The van der Waals surface area contributed by atoms with Gasteiger partial charge in [0.1, 0.15) is 0 Å². The van der Waals surface area contributed by atoms with Crippen molar-refractivity contribution >= 4 is 41.5 Å². The first-order chi connectivity index (χ1) is 14.7. The van der Waals surface area contributed by atoms with Gasteiger partial charge in [-0.05, 0) is 50.4 Å². The molecule has 2 fully saturated rings. The van der Waals surface area contributed by atoms with Gasteiger partial charge in [0.25, 0.3) is 0 Å². The zero-order valence-electron chi connectivity index (χ0n) is 19.0. The van der Waals surface area contributed by atoms with E-state index in [1.807, 2.05) is 12.1 Å². The predicted molar refractivity (Wildman–Crippen MR) is 141 cm³/mol. The smallest absolute Gasteiger partial charge is 0.191 e. The number of aliphatic imine (C=N–C) groups is 1. The number of halogens is 2. The first-order valence-corrected chi connectivity index (χ1v) is 11.9. The number of benzene rings is 1. The average molecular weight is 564 g/mol. The Morgan fingerprint density at radius 2 is 1.81 bits per heavy atom. The summed E-state index contributed by atoms with van der Waals surface area (Å²) < 4.78 is 5.57. The van der Waals surface area contributed by atoms with Gasteiger partial charge in [0, 0.05) is 43.8 Å². The lowest BCUT2D eigenvalue weighted by Gasteiger charge is -2.35. The van der Waals surface area contributed by atoms with E-state index in [1.165, 1.54) is 44.5 Å². The lowest BCUT2D eigenvalue weighted by molar-refractivity contribution is 0.0179. The number of nitrogens with zero attached hydrogens (tertiary/aromatic N) is 3. The molecule has 8 heteroatoms. The molecule has 1 unspecified atom stereocenters. The molecule has 0 spiro atoms. The second kappa shape index (κ2) is 14.5. The van der Waals surface area contributed by atoms with E-state index < -0.39 is 0 Å². The summed E-state index contributed by atoms with van der Waals surface area (Å²) in [6.07, 6.45) is 3.58. The van der Waals surface area contributed by atoms with Crippen LogP contribution < -0.4 is 10.6 Å². The van der Waals surface area contributed by atoms with Crippen molar-refractivity contribution in [2.24, 2.45) is 4.99 Å². The Bertz CT molecular complexity index is 646. The highest BCUT2D eigenvalue weighted by Crippen LogP contribution is 2.24. The van der Waals surface area contributed by atoms with Gasteiger partial charge in [-0.3, -0.25) is 9.89 Å². The van der Waals surface area contributed by atoms with Crippen molar-refractivity contribution in [1.29, 1.82) is 0 Å². The van der Waals surface area contributed by atoms with Crippen LogP contribution in [-0.4, -0.2) is 80.8 Å². The summed E-state index contributed by atoms with van der Waals surface area (Å²) in [5.41, 5.74) is 1.26. The second-order valence-electron chi connectivity index (χ2n) is 8.20. The van der Waals surface area contributed by atoms with Crippen LogP contribution in [0.4, 0.5) is 0 Å². The molecule has 0 bridgehead atoms. The zero-order valence-corrected chi connectivity index (χ0v) is 22.1. The molecule has 0 amide bonds. The van der Waals surface area contributed by atoms with Gasteiger partial charge < -0.3 is 20.3 Å². The van der Waals surface area contributed by atoms with Gasteiger partial charge in [0.15, 0.2) is 5.96 Å². The van der Waals surface area contributed by atoms with Gasteiger partial charge in [0.05, 0.1) is 25.8 Å². The largest absolute Gasteiger partial charge is 0.379 e. The number of morpholine rings is 1. The summed E-state index contributed by atoms with van der Waals surface area (Å²) in [4.78, 5) is 10.0. The van der Waals surface area contributed by atoms with Crippen molar-refractivity contribution in [2.45, 2.75) is 45.2 Å². The van der Waals surface area contributed by atoms with Crippen LogP contribution in [0.15, 0.2) is 29.3 Å². The van der Waals surface area contributed by atoms with E-state index in [4.69, 9.17) is 21.3 Å². The molecule has 2 saturated heterocycles. The van der Waals surface area contributed by atoms with E-state index in [0.717, 1.165) is 43.8 Å². The SMILES string of the molecule is CCCN1CCC(NC(=NCC(c2ccc(Cl)cc2)N2CCOCC2)NCC)CC1.I. The standard InChI is InChI=1S/C23H38ClN5O.HI/c1-3-11-28-12-9-21(10-13-28)27-23(25-4-2)26-18-22(29-14-16-30-17-15-29)19-5-7-20(24)8-6-19;/h5-8,21-22H,3-4,9-18H2,1-2H3,(H2,25,26,27);1H. The van der Waals surface area contributed by atoms with Crippen molar-refractivity contribution in [3.8, 4) is 0 Å². The van der Waals surface area contributed by atoms with Crippen LogP contribution in [0.2, 0.25) is 5.02 Å². The molecule has 0 aromatic heterocycles. The van der Waals surface area contributed by atoms with Crippen LogP contribution in [0.1, 0.15) is 44.7 Å². The molecule has 1 atom stereocenters. The zero-order chi connectivity index (χ0) is 21.2. The third-order valence-corrected chi connectivity index (χ3v) is 6.23. The van der Waals surface area contributed by atoms with Gasteiger partial charge in [-0.25, -0.2) is 0 Å². The number of likely N-dealkylation sites (tertiary alicyclic amines) is 1. The van der Waals surface area contributed by atoms with Gasteiger partial charge in [-0.15, -0.1) is 24.0 Å². The summed E-state index contributed by atoms with van der Waals surface area (Å²) in [7, 11) is 0. The summed E-state index contributed by atoms with van der Waals surface area (Å²) in [6, 6.07) is 8.92. The molecule has 31 heavy (non-hydrogen) atoms. The third-order valence-electron chi connectivity index (χ3n) is 5.98. The van der Waals surface area contributed by atoms with E-state index in [0.29, 0.717) is 12.6 Å². The van der Waals surface area contributed by atoms with Crippen molar-refractivity contribution in [2.75, 3.05) is 59.0 Å². The Balaban J connectivity index is 0.00000341. The van der Waals surface area contributed by atoms with Gasteiger partial charge >= 0.3 is 0 Å². The quantitative estimate of drug-likeness (QED) is 0.287. The molecule has 0 saturated carbocycles. The van der Waals surface area contributed by atoms with E-state index in [2.05, 4.69) is 46.4 Å². The summed E-state index contributed by atoms with van der Waals surface area (Å²) in [5, 5.41) is 7.90. The van der Waals surface area contributed by atoms with Crippen LogP contribution in [0.3, 0.4) is 0 Å². The first-order valence-electron chi connectivity index (χ1n) is 11.5. The maximum absolute atomic E-state index is 6.12. The molecular formula is C23H39ClIN5O. The second-order valence-corrected chi connectivity index (χ2v) is 8.63. The number of nitrogens with one attached hydrogen (secondary N) is 2. The monoisotopic (exact) mass is 563 g/mol.